The monoisotopic (exact) mass is 393 g/mol. The molecule has 0 saturated carbocycles. The molecule has 0 heterocycles. The highest BCUT2D eigenvalue weighted by Gasteiger charge is 2.27. The number of nitrogens with one attached hydrogen (secondary N) is 3. The Morgan fingerprint density at radius 1 is 0.964 bits per heavy atom. The average Bonchev–Trinajstić information content (AvgIpc) is 2.60. The molecule has 0 aliphatic heterocycles. The Morgan fingerprint density at radius 2 is 1.57 bits per heavy atom. The number of benzene rings is 1. The number of aliphatic carboxylic acids is 1. The molecular weight excluding hydrogens is 362 g/mol. The summed E-state index contributed by atoms with van der Waals surface area (Å²) in [5.74, 6) is -1.81. The van der Waals surface area contributed by atoms with Crippen molar-refractivity contribution in [2.24, 2.45) is 5.92 Å². The minimum absolute atomic E-state index is 0.0681. The number of phenolic OH excluding ortho intramolecular Hbond substituents is 1. The van der Waals surface area contributed by atoms with Gasteiger partial charge in [0.1, 0.15) is 17.8 Å². The molecule has 2 atom stereocenters. The van der Waals surface area contributed by atoms with Gasteiger partial charge in [-0.05, 0) is 30.0 Å². The Hall–Kier alpha value is -2.61. The van der Waals surface area contributed by atoms with E-state index in [4.69, 9.17) is 0 Å². The number of amides is 2. The van der Waals surface area contributed by atoms with Crippen LogP contribution in [0.3, 0.4) is 0 Å². The van der Waals surface area contributed by atoms with Gasteiger partial charge in [0, 0.05) is 12.5 Å². The zero-order valence-corrected chi connectivity index (χ0v) is 16.9. The number of carboxylic acid groups (broad SMARTS) is 1. The first-order valence-corrected chi connectivity index (χ1v) is 9.42. The van der Waals surface area contributed by atoms with Crippen LogP contribution < -0.4 is 16.0 Å². The van der Waals surface area contributed by atoms with Gasteiger partial charge in [-0.2, -0.15) is 0 Å². The van der Waals surface area contributed by atoms with Crippen molar-refractivity contribution in [1.29, 1.82) is 0 Å². The Bertz CT molecular complexity index is 658. The van der Waals surface area contributed by atoms with Gasteiger partial charge >= 0.3 is 5.97 Å². The molecule has 0 spiro atoms. The fraction of sp³-hybridized carbons (Fsp3) is 0.550. The Labute approximate surface area is 165 Å². The van der Waals surface area contributed by atoms with Gasteiger partial charge in [-0.1, -0.05) is 39.8 Å². The highest BCUT2D eigenvalue weighted by atomic mass is 16.4. The van der Waals surface area contributed by atoms with Gasteiger partial charge in [0.05, 0.1) is 6.54 Å². The lowest BCUT2D eigenvalue weighted by molar-refractivity contribution is -0.142. The third-order valence-electron chi connectivity index (χ3n) is 4.02. The smallest absolute Gasteiger partial charge is 0.326 e. The fourth-order valence-electron chi connectivity index (χ4n) is 2.59. The summed E-state index contributed by atoms with van der Waals surface area (Å²) >= 11 is 0. The van der Waals surface area contributed by atoms with Crippen LogP contribution in [0.4, 0.5) is 0 Å². The van der Waals surface area contributed by atoms with E-state index in [0.717, 1.165) is 0 Å². The summed E-state index contributed by atoms with van der Waals surface area (Å²) in [5, 5.41) is 27.0. The Balaban J connectivity index is 2.79. The number of carboxylic acids is 1. The topological polar surface area (TPSA) is 128 Å². The number of aromatic hydroxyl groups is 1. The van der Waals surface area contributed by atoms with Crippen LogP contribution in [0.1, 0.15) is 39.7 Å². The number of rotatable bonds is 11. The van der Waals surface area contributed by atoms with Gasteiger partial charge in [-0.15, -0.1) is 0 Å². The third kappa shape index (κ3) is 8.85. The van der Waals surface area contributed by atoms with Crippen molar-refractivity contribution in [2.45, 2.75) is 58.7 Å². The predicted octanol–water partition coefficient (Wildman–Crippen LogP) is 1.03. The largest absolute Gasteiger partial charge is 0.508 e. The maximum Gasteiger partial charge on any atom is 0.326 e. The molecule has 0 radical (unpaired) electrons. The number of hydrogen-bond acceptors (Lipinski definition) is 5. The molecule has 1 rings (SSSR count). The Morgan fingerprint density at radius 3 is 2.07 bits per heavy atom. The lowest BCUT2D eigenvalue weighted by atomic mass is 10.0. The van der Waals surface area contributed by atoms with E-state index >= 15 is 0 Å². The molecular formula is C20H31N3O5. The molecule has 1 aromatic rings. The summed E-state index contributed by atoms with van der Waals surface area (Å²) < 4.78 is 0. The Kier molecular flexibility index (Phi) is 9.44. The molecule has 0 saturated heterocycles. The molecule has 0 fully saturated rings. The van der Waals surface area contributed by atoms with Crippen LogP contribution in [-0.4, -0.2) is 52.7 Å². The molecule has 0 aliphatic rings. The van der Waals surface area contributed by atoms with E-state index in [1.54, 1.807) is 12.1 Å². The van der Waals surface area contributed by atoms with Gasteiger partial charge in [0.2, 0.25) is 11.8 Å². The minimum atomic E-state index is -1.17. The van der Waals surface area contributed by atoms with Crippen LogP contribution in [-0.2, 0) is 20.8 Å². The summed E-state index contributed by atoms with van der Waals surface area (Å²) in [4.78, 5) is 36.3. The van der Waals surface area contributed by atoms with Crippen molar-refractivity contribution < 1.29 is 24.6 Å². The van der Waals surface area contributed by atoms with Crippen LogP contribution in [0.5, 0.6) is 5.75 Å². The van der Waals surface area contributed by atoms with E-state index < -0.39 is 24.0 Å². The van der Waals surface area contributed by atoms with Crippen LogP contribution in [0.2, 0.25) is 0 Å². The van der Waals surface area contributed by atoms with E-state index in [1.807, 2.05) is 27.7 Å². The minimum Gasteiger partial charge on any atom is -0.508 e. The second-order valence-electron chi connectivity index (χ2n) is 7.56. The van der Waals surface area contributed by atoms with E-state index in [0.29, 0.717) is 12.0 Å². The second-order valence-corrected chi connectivity index (χ2v) is 7.56. The average molecular weight is 393 g/mol. The first-order valence-electron chi connectivity index (χ1n) is 9.42. The molecule has 8 heteroatoms. The lowest BCUT2D eigenvalue weighted by Crippen LogP contribution is -2.54. The molecule has 0 aliphatic carbocycles. The molecule has 0 unspecified atom stereocenters. The maximum atomic E-state index is 12.7. The second kappa shape index (κ2) is 11.3. The summed E-state index contributed by atoms with van der Waals surface area (Å²) in [6, 6.07) is 4.29. The van der Waals surface area contributed by atoms with Gasteiger partial charge in [0.15, 0.2) is 0 Å². The summed E-state index contributed by atoms with van der Waals surface area (Å²) in [5.41, 5.74) is 0.663. The van der Waals surface area contributed by atoms with Crippen LogP contribution in [0.15, 0.2) is 24.3 Å². The zero-order chi connectivity index (χ0) is 21.3. The quantitative estimate of drug-likeness (QED) is 0.382. The third-order valence-corrected chi connectivity index (χ3v) is 4.02. The molecule has 1 aromatic carbocycles. The number of carbonyl (C=O) groups excluding carboxylic acids is 2. The van der Waals surface area contributed by atoms with E-state index in [9.17, 15) is 24.6 Å². The highest BCUT2D eigenvalue weighted by Crippen LogP contribution is 2.12. The van der Waals surface area contributed by atoms with E-state index in [-0.39, 0.29) is 36.6 Å². The molecule has 0 aromatic heterocycles. The van der Waals surface area contributed by atoms with Crippen molar-refractivity contribution in [1.82, 2.24) is 16.0 Å². The normalized spacial score (nSPS) is 13.2. The van der Waals surface area contributed by atoms with E-state index in [1.165, 1.54) is 12.1 Å². The van der Waals surface area contributed by atoms with Crippen molar-refractivity contribution in [3.63, 3.8) is 0 Å². The molecule has 28 heavy (non-hydrogen) atoms. The van der Waals surface area contributed by atoms with Gasteiger partial charge in [0.25, 0.3) is 0 Å². The zero-order valence-electron chi connectivity index (χ0n) is 16.9. The van der Waals surface area contributed by atoms with E-state index in [2.05, 4.69) is 16.0 Å². The highest BCUT2D eigenvalue weighted by molar-refractivity contribution is 5.91. The first-order chi connectivity index (χ1) is 13.1. The molecule has 0 bridgehead atoms. The predicted molar refractivity (Wildman–Crippen MR) is 106 cm³/mol. The van der Waals surface area contributed by atoms with Crippen molar-refractivity contribution in [3.05, 3.63) is 29.8 Å². The maximum absolute atomic E-state index is 12.7. The molecule has 5 N–H and O–H groups in total. The summed E-state index contributed by atoms with van der Waals surface area (Å²) in [7, 11) is 0. The summed E-state index contributed by atoms with van der Waals surface area (Å²) in [6.07, 6.45) is 0.462. The van der Waals surface area contributed by atoms with Crippen molar-refractivity contribution in [3.8, 4) is 5.75 Å². The lowest BCUT2D eigenvalue weighted by Gasteiger charge is -2.23. The van der Waals surface area contributed by atoms with Crippen molar-refractivity contribution >= 4 is 17.8 Å². The fourth-order valence-corrected chi connectivity index (χ4v) is 2.59. The van der Waals surface area contributed by atoms with Gasteiger partial charge in [-0.25, -0.2) is 4.79 Å². The van der Waals surface area contributed by atoms with Crippen LogP contribution in [0, 0.1) is 5.92 Å². The molecule has 156 valence electrons. The van der Waals surface area contributed by atoms with Gasteiger partial charge < -0.3 is 26.2 Å². The van der Waals surface area contributed by atoms with Crippen molar-refractivity contribution in [2.75, 3.05) is 6.54 Å². The molecule has 8 nitrogen and oxygen atoms in total. The van der Waals surface area contributed by atoms with Crippen LogP contribution >= 0.6 is 0 Å². The first kappa shape index (κ1) is 23.4. The molecule has 2 amide bonds. The summed E-state index contributed by atoms with van der Waals surface area (Å²) in [6.45, 7) is 7.74. The van der Waals surface area contributed by atoms with Crippen LogP contribution in [0.25, 0.3) is 0 Å². The standard InChI is InChI=1S/C20H31N3O5/c1-12(2)9-16(22-18(25)11-21-13(3)4)19(26)23-17(20(27)28)10-14-5-7-15(24)8-6-14/h5-8,12-13,16-17,21,24H,9-11H2,1-4H3,(H,22,25)(H,23,26)(H,27,28)/t16-,17-/m0/s1. The number of phenols is 1. The number of hydrogen-bond donors (Lipinski definition) is 5. The SMILES string of the molecule is CC(C)C[C@H](NC(=O)CNC(C)C)C(=O)N[C@@H](Cc1ccc(O)cc1)C(=O)O. The number of carbonyl (C=O) groups is 3. The van der Waals surface area contributed by atoms with Gasteiger partial charge in [-0.3, -0.25) is 9.59 Å².